The van der Waals surface area contributed by atoms with Gasteiger partial charge in [-0.05, 0) is 30.5 Å². The van der Waals surface area contributed by atoms with Crippen LogP contribution in [0.4, 0.5) is 4.79 Å². The standard InChI is InChI=1S/C22H23N3O3S/c26-21(27)18(14-15-6-2-1-3-7-15)24-22(28)25-12-10-16(11-13-25)20-23-17-8-4-5-9-19(17)29-20/h1-9,16,18H,10-14H2,(H,24,28)(H,26,27)/t18-/m1/s1. The Bertz CT molecular complexity index is 964. The van der Waals surface area contributed by atoms with Crippen molar-refractivity contribution in [2.45, 2.75) is 31.2 Å². The molecule has 4 rings (SSSR count). The van der Waals surface area contributed by atoms with Crippen molar-refractivity contribution in [1.29, 1.82) is 0 Å². The number of benzene rings is 2. The number of aliphatic carboxylic acids is 1. The van der Waals surface area contributed by atoms with E-state index in [0.29, 0.717) is 19.0 Å². The van der Waals surface area contributed by atoms with Crippen LogP contribution >= 0.6 is 11.3 Å². The van der Waals surface area contributed by atoms with Gasteiger partial charge in [-0.1, -0.05) is 42.5 Å². The van der Waals surface area contributed by atoms with Crippen molar-refractivity contribution in [2.24, 2.45) is 0 Å². The van der Waals surface area contributed by atoms with Gasteiger partial charge in [-0.25, -0.2) is 14.6 Å². The second kappa shape index (κ2) is 8.61. The Morgan fingerprint density at radius 1 is 1.10 bits per heavy atom. The lowest BCUT2D eigenvalue weighted by molar-refractivity contribution is -0.139. The number of carbonyl (C=O) groups is 2. The molecule has 2 heterocycles. The molecule has 0 radical (unpaired) electrons. The molecular formula is C22H23N3O3S. The molecule has 150 valence electrons. The Kier molecular flexibility index (Phi) is 5.76. The third-order valence-corrected chi connectivity index (χ3v) is 6.52. The van der Waals surface area contributed by atoms with E-state index in [1.807, 2.05) is 48.5 Å². The number of carbonyl (C=O) groups excluding carboxylic acids is 1. The van der Waals surface area contributed by atoms with Crippen LogP contribution in [-0.4, -0.2) is 46.1 Å². The maximum absolute atomic E-state index is 12.6. The second-order valence-electron chi connectivity index (χ2n) is 7.31. The molecule has 1 atom stereocenters. The van der Waals surface area contributed by atoms with Gasteiger partial charge in [-0.3, -0.25) is 0 Å². The highest BCUT2D eigenvalue weighted by Crippen LogP contribution is 2.33. The number of aromatic nitrogens is 1. The molecule has 1 saturated heterocycles. The van der Waals surface area contributed by atoms with E-state index in [4.69, 9.17) is 4.98 Å². The number of thiazole rings is 1. The fourth-order valence-electron chi connectivity index (χ4n) is 3.68. The highest BCUT2D eigenvalue weighted by atomic mass is 32.1. The number of hydrogen-bond donors (Lipinski definition) is 2. The number of likely N-dealkylation sites (tertiary alicyclic amines) is 1. The van der Waals surface area contributed by atoms with Crippen LogP contribution in [0.3, 0.4) is 0 Å². The summed E-state index contributed by atoms with van der Waals surface area (Å²) in [5, 5.41) is 13.3. The summed E-state index contributed by atoms with van der Waals surface area (Å²) in [5.74, 6) is -0.678. The third-order valence-electron chi connectivity index (χ3n) is 5.32. The first kappa shape index (κ1) is 19.4. The van der Waals surface area contributed by atoms with Crippen LogP contribution in [-0.2, 0) is 11.2 Å². The van der Waals surface area contributed by atoms with Crippen molar-refractivity contribution in [3.05, 3.63) is 65.2 Å². The van der Waals surface area contributed by atoms with E-state index < -0.39 is 12.0 Å². The van der Waals surface area contributed by atoms with E-state index in [1.165, 1.54) is 4.70 Å². The highest BCUT2D eigenvalue weighted by Gasteiger charge is 2.28. The van der Waals surface area contributed by atoms with Crippen molar-refractivity contribution < 1.29 is 14.7 Å². The molecule has 1 aliphatic rings. The molecule has 0 bridgehead atoms. The number of carboxylic acid groups (broad SMARTS) is 1. The van der Waals surface area contributed by atoms with Gasteiger partial charge in [-0.15, -0.1) is 11.3 Å². The summed E-state index contributed by atoms with van der Waals surface area (Å²) in [7, 11) is 0. The minimum Gasteiger partial charge on any atom is -0.480 e. The molecule has 0 aliphatic carbocycles. The van der Waals surface area contributed by atoms with Crippen molar-refractivity contribution in [2.75, 3.05) is 13.1 Å². The van der Waals surface area contributed by atoms with Gasteiger partial charge in [0.15, 0.2) is 0 Å². The normalized spacial score (nSPS) is 15.9. The van der Waals surface area contributed by atoms with E-state index in [9.17, 15) is 14.7 Å². The number of amides is 2. The number of carboxylic acids is 1. The molecule has 29 heavy (non-hydrogen) atoms. The van der Waals surface area contributed by atoms with Crippen LogP contribution in [0.2, 0.25) is 0 Å². The number of nitrogens with zero attached hydrogens (tertiary/aromatic N) is 2. The van der Waals surface area contributed by atoms with Gasteiger partial charge in [0, 0.05) is 25.4 Å². The summed E-state index contributed by atoms with van der Waals surface area (Å²) in [6, 6.07) is 16.2. The quantitative estimate of drug-likeness (QED) is 0.670. The zero-order valence-electron chi connectivity index (χ0n) is 16.0. The van der Waals surface area contributed by atoms with E-state index in [2.05, 4.69) is 11.4 Å². The van der Waals surface area contributed by atoms with Crippen molar-refractivity contribution in [3.8, 4) is 0 Å². The zero-order chi connectivity index (χ0) is 20.2. The number of nitrogens with one attached hydrogen (secondary N) is 1. The Hall–Kier alpha value is -2.93. The molecule has 0 unspecified atom stereocenters. The minimum atomic E-state index is -1.02. The number of urea groups is 1. The van der Waals surface area contributed by atoms with Gasteiger partial charge in [0.25, 0.3) is 0 Å². The Morgan fingerprint density at radius 2 is 1.79 bits per heavy atom. The van der Waals surface area contributed by atoms with E-state index >= 15 is 0 Å². The van der Waals surface area contributed by atoms with Gasteiger partial charge in [0.05, 0.1) is 15.2 Å². The SMILES string of the molecule is O=C(O)[C@@H](Cc1ccccc1)NC(=O)N1CCC(c2nc3ccccc3s2)CC1. The van der Waals surface area contributed by atoms with E-state index in [1.54, 1.807) is 16.2 Å². The average molecular weight is 410 g/mol. The number of hydrogen-bond acceptors (Lipinski definition) is 4. The van der Waals surface area contributed by atoms with E-state index in [-0.39, 0.29) is 12.5 Å². The maximum atomic E-state index is 12.6. The van der Waals surface area contributed by atoms with E-state index in [0.717, 1.165) is 28.9 Å². The van der Waals surface area contributed by atoms with Crippen LogP contribution in [0.25, 0.3) is 10.2 Å². The first-order chi connectivity index (χ1) is 14.1. The summed E-state index contributed by atoms with van der Waals surface area (Å²) < 4.78 is 1.19. The van der Waals surface area contributed by atoms with Crippen molar-refractivity contribution in [3.63, 3.8) is 0 Å². The number of piperidine rings is 1. The molecule has 1 aliphatic heterocycles. The molecule has 1 fully saturated rings. The molecule has 7 heteroatoms. The monoisotopic (exact) mass is 409 g/mol. The molecular weight excluding hydrogens is 386 g/mol. The molecule has 0 spiro atoms. The molecule has 0 saturated carbocycles. The molecule has 2 N–H and O–H groups in total. The lowest BCUT2D eigenvalue weighted by atomic mass is 9.98. The molecule has 2 aromatic carbocycles. The van der Waals surface area contributed by atoms with Crippen LogP contribution in [0.1, 0.15) is 29.3 Å². The summed E-state index contributed by atoms with van der Waals surface area (Å²) in [5.41, 5.74) is 1.91. The number of rotatable bonds is 5. The highest BCUT2D eigenvalue weighted by molar-refractivity contribution is 7.18. The first-order valence-corrected chi connectivity index (χ1v) is 10.6. The smallest absolute Gasteiger partial charge is 0.326 e. The summed E-state index contributed by atoms with van der Waals surface area (Å²) in [4.78, 5) is 30.7. The summed E-state index contributed by atoms with van der Waals surface area (Å²) in [6.07, 6.45) is 1.94. The second-order valence-corrected chi connectivity index (χ2v) is 8.37. The lowest BCUT2D eigenvalue weighted by Crippen LogP contribution is -2.50. The van der Waals surface area contributed by atoms with Gasteiger partial charge in [-0.2, -0.15) is 0 Å². The Balaban J connectivity index is 1.34. The van der Waals surface area contributed by atoms with Crippen LogP contribution in [0.5, 0.6) is 0 Å². The van der Waals surface area contributed by atoms with Crippen LogP contribution in [0.15, 0.2) is 54.6 Å². The average Bonchev–Trinajstić information content (AvgIpc) is 3.18. The Labute approximate surface area is 173 Å². The van der Waals surface area contributed by atoms with Gasteiger partial charge >= 0.3 is 12.0 Å². The predicted octanol–water partition coefficient (Wildman–Crippen LogP) is 3.88. The third kappa shape index (κ3) is 4.56. The van der Waals surface area contributed by atoms with Gasteiger partial charge in [0.2, 0.25) is 0 Å². The fourth-order valence-corrected chi connectivity index (χ4v) is 4.82. The molecule has 3 aromatic rings. The topological polar surface area (TPSA) is 82.5 Å². The molecule has 1 aromatic heterocycles. The number of para-hydroxylation sites is 1. The summed E-state index contributed by atoms with van der Waals surface area (Å²) in [6.45, 7) is 1.20. The predicted molar refractivity (Wildman–Crippen MR) is 113 cm³/mol. The zero-order valence-corrected chi connectivity index (χ0v) is 16.8. The first-order valence-electron chi connectivity index (χ1n) is 9.78. The van der Waals surface area contributed by atoms with Gasteiger partial charge < -0.3 is 15.3 Å². The number of fused-ring (bicyclic) bond motifs is 1. The van der Waals surface area contributed by atoms with Gasteiger partial charge in [0.1, 0.15) is 6.04 Å². The van der Waals surface area contributed by atoms with Crippen molar-refractivity contribution >= 4 is 33.6 Å². The largest absolute Gasteiger partial charge is 0.480 e. The van der Waals surface area contributed by atoms with Crippen LogP contribution in [0, 0.1) is 0 Å². The summed E-state index contributed by atoms with van der Waals surface area (Å²) >= 11 is 1.72. The lowest BCUT2D eigenvalue weighted by Gasteiger charge is -2.32. The van der Waals surface area contributed by atoms with Crippen LogP contribution < -0.4 is 5.32 Å². The van der Waals surface area contributed by atoms with Crippen molar-refractivity contribution in [1.82, 2.24) is 15.2 Å². The fraction of sp³-hybridized carbons (Fsp3) is 0.318. The molecule has 6 nitrogen and oxygen atoms in total. The maximum Gasteiger partial charge on any atom is 0.326 e. The molecule has 2 amide bonds. The minimum absolute atomic E-state index is 0.268. The Morgan fingerprint density at radius 3 is 2.48 bits per heavy atom.